The van der Waals surface area contributed by atoms with E-state index >= 15 is 0 Å². The van der Waals surface area contributed by atoms with E-state index in [1.807, 2.05) is 0 Å². The SMILES string of the molecule is C=CCN(CC=C)C(=O)CN1C(=O)COc2ccc(C(=O)CC)cc21. The smallest absolute Gasteiger partial charge is 0.265 e. The molecule has 2 amide bonds. The van der Waals surface area contributed by atoms with Crippen molar-refractivity contribution >= 4 is 23.3 Å². The van der Waals surface area contributed by atoms with Gasteiger partial charge in [-0.25, -0.2) is 0 Å². The lowest BCUT2D eigenvalue weighted by Gasteiger charge is -2.31. The first-order valence-electron chi connectivity index (χ1n) is 8.11. The first kappa shape index (κ1) is 18.4. The maximum Gasteiger partial charge on any atom is 0.265 e. The van der Waals surface area contributed by atoms with Gasteiger partial charge < -0.3 is 9.64 Å². The molecule has 0 fully saturated rings. The number of ketones is 1. The van der Waals surface area contributed by atoms with Crippen LogP contribution in [-0.4, -0.2) is 48.7 Å². The van der Waals surface area contributed by atoms with Crippen LogP contribution in [0.15, 0.2) is 43.5 Å². The molecule has 1 aromatic carbocycles. The molecule has 0 atom stereocenters. The van der Waals surface area contributed by atoms with Crippen molar-refractivity contribution in [2.24, 2.45) is 0 Å². The molecule has 132 valence electrons. The number of carbonyl (C=O) groups is 3. The second kappa shape index (κ2) is 8.28. The largest absolute Gasteiger partial charge is 0.482 e. The number of Topliss-reactive ketones (excluding diaryl/α,β-unsaturated/α-hetero) is 1. The lowest BCUT2D eigenvalue weighted by molar-refractivity contribution is -0.131. The number of hydrogen-bond acceptors (Lipinski definition) is 4. The molecule has 1 heterocycles. The van der Waals surface area contributed by atoms with Gasteiger partial charge in [0.2, 0.25) is 5.91 Å². The van der Waals surface area contributed by atoms with Crippen LogP contribution < -0.4 is 9.64 Å². The number of hydrogen-bond donors (Lipinski definition) is 0. The minimum atomic E-state index is -0.320. The van der Waals surface area contributed by atoms with Gasteiger partial charge in [-0.3, -0.25) is 19.3 Å². The maximum atomic E-state index is 12.6. The average Bonchev–Trinajstić information content (AvgIpc) is 2.62. The number of nitrogens with zero attached hydrogens (tertiary/aromatic N) is 2. The molecule has 0 saturated carbocycles. The van der Waals surface area contributed by atoms with Gasteiger partial charge in [0.1, 0.15) is 12.3 Å². The molecule has 1 aliphatic rings. The lowest BCUT2D eigenvalue weighted by atomic mass is 10.1. The van der Waals surface area contributed by atoms with Crippen LogP contribution in [0.1, 0.15) is 23.7 Å². The third kappa shape index (κ3) is 4.15. The van der Waals surface area contributed by atoms with Crippen molar-refractivity contribution in [1.82, 2.24) is 4.90 Å². The third-order valence-electron chi connectivity index (χ3n) is 3.89. The summed E-state index contributed by atoms with van der Waals surface area (Å²) in [7, 11) is 0. The topological polar surface area (TPSA) is 66.9 Å². The Labute approximate surface area is 147 Å². The van der Waals surface area contributed by atoms with E-state index in [4.69, 9.17) is 4.74 Å². The van der Waals surface area contributed by atoms with Crippen molar-refractivity contribution in [3.05, 3.63) is 49.1 Å². The summed E-state index contributed by atoms with van der Waals surface area (Å²) in [5.74, 6) is -0.0987. The number of carbonyl (C=O) groups excluding carboxylic acids is 3. The summed E-state index contributed by atoms with van der Waals surface area (Å²) in [6.07, 6.45) is 3.60. The molecule has 2 rings (SSSR count). The van der Waals surface area contributed by atoms with Gasteiger partial charge >= 0.3 is 0 Å². The Hall–Kier alpha value is -2.89. The number of rotatable bonds is 8. The summed E-state index contributed by atoms with van der Waals surface area (Å²) in [5, 5.41) is 0. The number of benzene rings is 1. The molecule has 0 unspecified atom stereocenters. The van der Waals surface area contributed by atoms with Crippen molar-refractivity contribution in [1.29, 1.82) is 0 Å². The summed E-state index contributed by atoms with van der Waals surface area (Å²) < 4.78 is 5.41. The van der Waals surface area contributed by atoms with E-state index in [0.717, 1.165) is 0 Å². The van der Waals surface area contributed by atoms with E-state index in [9.17, 15) is 14.4 Å². The molecule has 6 nitrogen and oxygen atoms in total. The van der Waals surface area contributed by atoms with Crippen LogP contribution in [0.25, 0.3) is 0 Å². The highest BCUT2D eigenvalue weighted by atomic mass is 16.5. The normalized spacial score (nSPS) is 12.8. The average molecular weight is 342 g/mol. The maximum absolute atomic E-state index is 12.6. The molecule has 1 aromatic rings. The van der Waals surface area contributed by atoms with Crippen molar-refractivity contribution in [2.75, 3.05) is 31.1 Å². The predicted octanol–water partition coefficient (Wildman–Crippen LogP) is 2.21. The van der Waals surface area contributed by atoms with E-state index in [2.05, 4.69) is 13.2 Å². The van der Waals surface area contributed by atoms with Gasteiger partial charge in [0.15, 0.2) is 12.4 Å². The van der Waals surface area contributed by atoms with Crippen molar-refractivity contribution in [2.45, 2.75) is 13.3 Å². The zero-order valence-corrected chi connectivity index (χ0v) is 14.4. The molecular weight excluding hydrogens is 320 g/mol. The Balaban J connectivity index is 2.30. The van der Waals surface area contributed by atoms with E-state index in [1.54, 1.807) is 42.2 Å². The Morgan fingerprint density at radius 2 is 1.96 bits per heavy atom. The summed E-state index contributed by atoms with van der Waals surface area (Å²) in [5.41, 5.74) is 0.937. The van der Waals surface area contributed by atoms with Crippen molar-refractivity contribution in [3.8, 4) is 5.75 Å². The number of fused-ring (bicyclic) bond motifs is 1. The molecule has 0 saturated heterocycles. The Morgan fingerprint density at radius 1 is 1.28 bits per heavy atom. The minimum absolute atomic E-state index is 0.0351. The molecule has 0 aromatic heterocycles. The first-order valence-corrected chi connectivity index (χ1v) is 8.11. The highest BCUT2D eigenvalue weighted by molar-refractivity contribution is 6.04. The predicted molar refractivity (Wildman–Crippen MR) is 95.9 cm³/mol. The zero-order chi connectivity index (χ0) is 18.4. The van der Waals surface area contributed by atoms with Crippen LogP contribution in [0.4, 0.5) is 5.69 Å². The third-order valence-corrected chi connectivity index (χ3v) is 3.89. The summed E-state index contributed by atoms with van der Waals surface area (Å²) in [6.45, 7) is 9.52. The number of anilines is 1. The summed E-state index contributed by atoms with van der Waals surface area (Å²) in [4.78, 5) is 39.7. The number of ether oxygens (including phenoxy) is 1. The molecule has 25 heavy (non-hydrogen) atoms. The molecular formula is C19H22N2O4. The minimum Gasteiger partial charge on any atom is -0.482 e. The van der Waals surface area contributed by atoms with Crippen molar-refractivity contribution < 1.29 is 19.1 Å². The fourth-order valence-electron chi connectivity index (χ4n) is 2.58. The quantitative estimate of drug-likeness (QED) is 0.537. The molecule has 0 N–H and O–H groups in total. The number of amides is 2. The molecule has 6 heteroatoms. The van der Waals surface area contributed by atoms with Gasteiger partial charge in [0, 0.05) is 25.1 Å². The van der Waals surface area contributed by atoms with Crippen LogP contribution in [0.5, 0.6) is 5.75 Å². The van der Waals surface area contributed by atoms with Crippen LogP contribution in [-0.2, 0) is 9.59 Å². The molecule has 0 bridgehead atoms. The lowest BCUT2D eigenvalue weighted by Crippen LogP contribution is -2.46. The molecule has 1 aliphatic heterocycles. The fraction of sp³-hybridized carbons (Fsp3) is 0.316. The monoisotopic (exact) mass is 342 g/mol. The Bertz CT molecular complexity index is 701. The summed E-state index contributed by atoms with van der Waals surface area (Å²) in [6, 6.07) is 4.94. The van der Waals surface area contributed by atoms with Gasteiger partial charge in [0.25, 0.3) is 5.91 Å². The van der Waals surface area contributed by atoms with E-state index < -0.39 is 0 Å². The fourth-order valence-corrected chi connectivity index (χ4v) is 2.58. The highest BCUT2D eigenvalue weighted by Crippen LogP contribution is 2.33. The Kier molecular flexibility index (Phi) is 6.11. The van der Waals surface area contributed by atoms with E-state index in [0.29, 0.717) is 36.5 Å². The second-order valence-electron chi connectivity index (χ2n) is 5.60. The second-order valence-corrected chi connectivity index (χ2v) is 5.60. The standard InChI is InChI=1S/C19H22N2O4/c1-4-9-20(10-5-2)18(23)12-21-15-11-14(16(22)6-3)7-8-17(15)25-13-19(21)24/h4-5,7-8,11H,1-2,6,9-10,12-13H2,3H3. The highest BCUT2D eigenvalue weighted by Gasteiger charge is 2.29. The van der Waals surface area contributed by atoms with Crippen LogP contribution in [0.3, 0.4) is 0 Å². The molecule has 0 radical (unpaired) electrons. The van der Waals surface area contributed by atoms with Gasteiger partial charge in [0.05, 0.1) is 5.69 Å². The first-order chi connectivity index (χ1) is 12.0. The van der Waals surface area contributed by atoms with Crippen molar-refractivity contribution in [3.63, 3.8) is 0 Å². The van der Waals surface area contributed by atoms with Gasteiger partial charge in [-0.2, -0.15) is 0 Å². The molecule has 0 aliphatic carbocycles. The van der Waals surface area contributed by atoms with Gasteiger partial charge in [-0.15, -0.1) is 13.2 Å². The molecule has 0 spiro atoms. The van der Waals surface area contributed by atoms with Gasteiger partial charge in [-0.05, 0) is 18.2 Å². The Morgan fingerprint density at radius 3 is 2.56 bits per heavy atom. The van der Waals surface area contributed by atoms with Crippen LogP contribution >= 0.6 is 0 Å². The zero-order valence-electron chi connectivity index (χ0n) is 14.4. The van der Waals surface area contributed by atoms with E-state index in [-0.39, 0.29) is 30.7 Å². The van der Waals surface area contributed by atoms with E-state index in [1.165, 1.54) is 4.90 Å². The van der Waals surface area contributed by atoms with Crippen LogP contribution in [0.2, 0.25) is 0 Å². The van der Waals surface area contributed by atoms with Crippen LogP contribution in [0, 0.1) is 0 Å². The summed E-state index contributed by atoms with van der Waals surface area (Å²) >= 11 is 0. The van der Waals surface area contributed by atoms with Gasteiger partial charge in [-0.1, -0.05) is 19.1 Å².